The van der Waals surface area contributed by atoms with Gasteiger partial charge in [-0.2, -0.15) is 11.8 Å². The molecule has 0 fully saturated rings. The molecule has 0 spiro atoms. The first kappa shape index (κ1) is 17.0. The molecule has 0 saturated carbocycles. The van der Waals surface area contributed by atoms with E-state index in [1.807, 2.05) is 0 Å². The van der Waals surface area contributed by atoms with Crippen LogP contribution < -0.4 is 4.72 Å². The Morgan fingerprint density at radius 1 is 1.20 bits per heavy atom. The van der Waals surface area contributed by atoms with Gasteiger partial charge in [-0.05, 0) is 24.3 Å². The first-order valence-corrected chi connectivity index (χ1v) is 9.07. The lowest BCUT2D eigenvalue weighted by Crippen LogP contribution is -2.32. The zero-order valence-corrected chi connectivity index (χ0v) is 13.7. The molecule has 0 saturated heterocycles. The van der Waals surface area contributed by atoms with Gasteiger partial charge >= 0.3 is 0 Å². The molecule has 0 atom stereocenters. The highest BCUT2D eigenvalue weighted by Crippen LogP contribution is 2.23. The third-order valence-corrected chi connectivity index (χ3v) is 5.06. The third kappa shape index (κ3) is 6.96. The fourth-order valence-electron chi connectivity index (χ4n) is 1.47. The van der Waals surface area contributed by atoms with Gasteiger partial charge in [0.15, 0.2) is 0 Å². The van der Waals surface area contributed by atoms with Crippen molar-refractivity contribution in [2.75, 3.05) is 11.5 Å². The van der Waals surface area contributed by atoms with E-state index in [9.17, 15) is 13.2 Å². The highest BCUT2D eigenvalue weighted by Gasteiger charge is 2.16. The molecule has 0 radical (unpaired) electrons. The maximum atomic E-state index is 11.8. The molecule has 0 unspecified atom stereocenters. The van der Waals surface area contributed by atoms with E-state index >= 15 is 0 Å². The molecule has 0 aromatic heterocycles. The Kier molecular flexibility index (Phi) is 6.07. The molecule has 6 heteroatoms. The Morgan fingerprint density at radius 2 is 1.80 bits per heavy atom. The van der Waals surface area contributed by atoms with E-state index in [1.165, 1.54) is 0 Å². The van der Waals surface area contributed by atoms with Gasteiger partial charge in [-0.3, -0.25) is 4.79 Å². The predicted molar refractivity (Wildman–Crippen MR) is 84.5 cm³/mol. The second kappa shape index (κ2) is 7.13. The van der Waals surface area contributed by atoms with E-state index in [4.69, 9.17) is 0 Å². The zero-order valence-electron chi connectivity index (χ0n) is 12.0. The monoisotopic (exact) mass is 315 g/mol. The summed E-state index contributed by atoms with van der Waals surface area (Å²) in [5.74, 6) is 0.146. The highest BCUT2D eigenvalue weighted by molar-refractivity contribution is 8.00. The minimum Gasteiger partial charge on any atom is -0.268 e. The van der Waals surface area contributed by atoms with Gasteiger partial charge in [-0.15, -0.1) is 0 Å². The lowest BCUT2D eigenvalue weighted by Gasteiger charge is -2.17. The Labute approximate surface area is 125 Å². The molecule has 0 aliphatic heterocycles. The topological polar surface area (TPSA) is 63.2 Å². The molecule has 0 aliphatic carbocycles. The molecule has 112 valence electrons. The Balaban J connectivity index is 2.44. The lowest BCUT2D eigenvalue weighted by atomic mass is 10.2. The third-order valence-electron chi connectivity index (χ3n) is 2.38. The molecule has 1 aromatic carbocycles. The summed E-state index contributed by atoms with van der Waals surface area (Å²) in [6.07, 6.45) is 0.527. The predicted octanol–water partition coefficient (Wildman–Crippen LogP) is 2.67. The van der Waals surface area contributed by atoms with Crippen molar-refractivity contribution < 1.29 is 13.2 Å². The van der Waals surface area contributed by atoms with Crippen LogP contribution in [0.25, 0.3) is 0 Å². The second-order valence-corrected chi connectivity index (χ2v) is 9.19. The average Bonchev–Trinajstić information content (AvgIpc) is 2.34. The molecule has 1 aromatic rings. The molecule has 0 heterocycles. The summed E-state index contributed by atoms with van der Waals surface area (Å²) in [6.45, 7) is 6.26. The fraction of sp³-hybridized carbons (Fsp3) is 0.500. The number of carbonyl (C=O) groups excluding carboxylic acids is 1. The fourth-order valence-corrected chi connectivity index (χ4v) is 3.58. The minimum absolute atomic E-state index is 0.0331. The first-order chi connectivity index (χ1) is 9.20. The van der Waals surface area contributed by atoms with Crippen molar-refractivity contribution in [1.29, 1.82) is 0 Å². The molecule has 0 aliphatic rings. The van der Waals surface area contributed by atoms with Gasteiger partial charge in [0.2, 0.25) is 10.0 Å². The summed E-state index contributed by atoms with van der Waals surface area (Å²) in [6, 6.07) is 8.33. The van der Waals surface area contributed by atoms with Gasteiger partial charge in [-0.25, -0.2) is 13.1 Å². The lowest BCUT2D eigenvalue weighted by molar-refractivity contribution is 0.0981. The van der Waals surface area contributed by atoms with Crippen LogP contribution in [0, 0.1) is 0 Å². The molecule has 1 rings (SSSR count). The zero-order chi connectivity index (χ0) is 15.2. The summed E-state index contributed by atoms with van der Waals surface area (Å²) in [5.41, 5.74) is 0.347. The quantitative estimate of drug-likeness (QED) is 0.820. The minimum atomic E-state index is -3.56. The van der Waals surface area contributed by atoms with Crippen LogP contribution >= 0.6 is 11.8 Å². The van der Waals surface area contributed by atoms with Crippen molar-refractivity contribution >= 4 is 27.7 Å². The van der Waals surface area contributed by atoms with Crippen molar-refractivity contribution in [2.24, 2.45) is 0 Å². The van der Waals surface area contributed by atoms with Crippen LogP contribution in [0.4, 0.5) is 0 Å². The SMILES string of the molecule is CC(C)(C)SCCCS(=O)(=O)NC(=O)c1ccccc1. The van der Waals surface area contributed by atoms with E-state index in [1.54, 1.807) is 42.1 Å². The van der Waals surface area contributed by atoms with E-state index < -0.39 is 15.9 Å². The van der Waals surface area contributed by atoms with E-state index in [0.29, 0.717) is 12.0 Å². The molecule has 20 heavy (non-hydrogen) atoms. The molecule has 0 bridgehead atoms. The number of carbonyl (C=O) groups is 1. The van der Waals surface area contributed by atoms with Gasteiger partial charge in [0.1, 0.15) is 0 Å². The maximum Gasteiger partial charge on any atom is 0.264 e. The summed E-state index contributed by atoms with van der Waals surface area (Å²) >= 11 is 1.71. The highest BCUT2D eigenvalue weighted by atomic mass is 32.2. The Bertz CT molecular complexity index is 533. The van der Waals surface area contributed by atoms with Crippen LogP contribution in [-0.4, -0.2) is 30.6 Å². The van der Waals surface area contributed by atoms with Crippen molar-refractivity contribution in [3.63, 3.8) is 0 Å². The number of nitrogens with one attached hydrogen (secondary N) is 1. The van der Waals surface area contributed by atoms with Crippen molar-refractivity contribution in [3.8, 4) is 0 Å². The first-order valence-electron chi connectivity index (χ1n) is 6.43. The number of benzene rings is 1. The normalized spacial score (nSPS) is 12.2. The van der Waals surface area contributed by atoms with Crippen LogP contribution in [0.5, 0.6) is 0 Å². The summed E-state index contributed by atoms with van der Waals surface area (Å²) < 4.78 is 25.8. The van der Waals surface area contributed by atoms with Crippen LogP contribution in [0.2, 0.25) is 0 Å². The van der Waals surface area contributed by atoms with Crippen LogP contribution in [0.3, 0.4) is 0 Å². The number of hydrogen-bond donors (Lipinski definition) is 1. The average molecular weight is 315 g/mol. The largest absolute Gasteiger partial charge is 0.268 e. The standard InChI is InChI=1S/C14H21NO3S2/c1-14(2,3)19-10-7-11-20(17,18)15-13(16)12-8-5-4-6-9-12/h4-6,8-9H,7,10-11H2,1-3H3,(H,15,16). The number of thioether (sulfide) groups is 1. The second-order valence-electron chi connectivity index (χ2n) is 5.43. The van der Waals surface area contributed by atoms with Gasteiger partial charge in [0.25, 0.3) is 5.91 Å². The van der Waals surface area contributed by atoms with Crippen molar-refractivity contribution in [1.82, 2.24) is 4.72 Å². The van der Waals surface area contributed by atoms with Gasteiger partial charge in [0.05, 0.1) is 5.75 Å². The molecule has 1 N–H and O–H groups in total. The van der Waals surface area contributed by atoms with Gasteiger partial charge in [0, 0.05) is 10.3 Å². The number of rotatable bonds is 6. The summed E-state index contributed by atoms with van der Waals surface area (Å²) in [5, 5.41) is 0. The van der Waals surface area contributed by atoms with Crippen LogP contribution in [0.1, 0.15) is 37.6 Å². The van der Waals surface area contributed by atoms with E-state index in [0.717, 1.165) is 5.75 Å². The number of hydrogen-bond acceptors (Lipinski definition) is 4. The molecule has 1 amide bonds. The number of sulfonamides is 1. The molecular formula is C14H21NO3S2. The smallest absolute Gasteiger partial charge is 0.264 e. The molecular weight excluding hydrogens is 294 g/mol. The van der Waals surface area contributed by atoms with Crippen molar-refractivity contribution in [3.05, 3.63) is 35.9 Å². The van der Waals surface area contributed by atoms with Gasteiger partial charge < -0.3 is 0 Å². The van der Waals surface area contributed by atoms with E-state index in [2.05, 4.69) is 25.5 Å². The molecule has 4 nitrogen and oxygen atoms in total. The van der Waals surface area contributed by atoms with Crippen molar-refractivity contribution in [2.45, 2.75) is 31.9 Å². The Morgan fingerprint density at radius 3 is 2.35 bits per heavy atom. The summed E-state index contributed by atoms with van der Waals surface area (Å²) in [7, 11) is -3.56. The Hall–Kier alpha value is -1.01. The maximum absolute atomic E-state index is 11.8. The number of amides is 1. The van der Waals surface area contributed by atoms with Crippen LogP contribution in [0.15, 0.2) is 30.3 Å². The van der Waals surface area contributed by atoms with Crippen LogP contribution in [-0.2, 0) is 10.0 Å². The summed E-state index contributed by atoms with van der Waals surface area (Å²) in [4.78, 5) is 11.8. The van der Waals surface area contributed by atoms with E-state index in [-0.39, 0.29) is 10.5 Å². The van der Waals surface area contributed by atoms with Gasteiger partial charge in [-0.1, -0.05) is 39.0 Å².